The smallest absolute Gasteiger partial charge is 0.457 e. The van der Waals surface area contributed by atoms with E-state index in [4.69, 9.17) is 18.5 Å². The van der Waals surface area contributed by atoms with Gasteiger partial charge >= 0.3 is 19.8 Å². The largest absolute Gasteiger partial charge is 0.472 e. The average Bonchev–Trinajstić information content (AvgIpc) is 2.65. The maximum Gasteiger partial charge on any atom is 0.472 e. The first kappa shape index (κ1) is 25.5. The number of carbonyl (C=O) groups is 2. The quantitative estimate of drug-likeness (QED) is 0.235. The number of ether oxygens (including phenoxy) is 2. The second kappa shape index (κ2) is 14.6. The molecule has 0 aliphatic rings. The van der Waals surface area contributed by atoms with Gasteiger partial charge in [0.2, 0.25) is 0 Å². The summed E-state index contributed by atoms with van der Waals surface area (Å²) in [4.78, 5) is 32.5. The number of rotatable bonds is 16. The summed E-state index contributed by atoms with van der Waals surface area (Å²) in [7, 11) is -4.40. The molecule has 27 heavy (non-hydrogen) atoms. The monoisotopic (exact) mass is 406 g/mol. The Kier molecular flexibility index (Phi) is 13.8. The SMILES string of the molecule is C=CC(=O)OC(CCCC)COP(=O)(O)OCC(CCCC)OC(=O)C=C. The van der Waals surface area contributed by atoms with Gasteiger partial charge in [0.25, 0.3) is 0 Å². The Hall–Kier alpha value is -1.47. The van der Waals surface area contributed by atoms with E-state index < -0.39 is 32.0 Å². The topological polar surface area (TPSA) is 108 Å². The lowest BCUT2D eigenvalue weighted by Gasteiger charge is -2.21. The third kappa shape index (κ3) is 13.4. The van der Waals surface area contributed by atoms with Gasteiger partial charge in [-0.05, 0) is 25.7 Å². The number of carbonyl (C=O) groups excluding carboxylic acids is 2. The molecule has 0 radical (unpaired) electrons. The molecule has 0 saturated heterocycles. The minimum atomic E-state index is -4.40. The van der Waals surface area contributed by atoms with Gasteiger partial charge in [-0.3, -0.25) is 9.05 Å². The van der Waals surface area contributed by atoms with E-state index in [0.29, 0.717) is 12.8 Å². The number of phosphoric acid groups is 1. The van der Waals surface area contributed by atoms with E-state index in [2.05, 4.69) is 13.2 Å². The number of esters is 2. The highest BCUT2D eigenvalue weighted by atomic mass is 31.2. The zero-order valence-corrected chi connectivity index (χ0v) is 17.0. The summed E-state index contributed by atoms with van der Waals surface area (Å²) >= 11 is 0. The summed E-state index contributed by atoms with van der Waals surface area (Å²) in [6.07, 6.45) is 4.85. The fourth-order valence-corrected chi connectivity index (χ4v) is 2.82. The van der Waals surface area contributed by atoms with E-state index in [1.165, 1.54) is 0 Å². The van der Waals surface area contributed by atoms with Crippen molar-refractivity contribution in [1.82, 2.24) is 0 Å². The van der Waals surface area contributed by atoms with Crippen LogP contribution in [0.2, 0.25) is 0 Å². The first-order chi connectivity index (χ1) is 12.8. The zero-order chi connectivity index (χ0) is 20.7. The minimum Gasteiger partial charge on any atom is -0.457 e. The molecule has 0 aromatic heterocycles. The maximum atomic E-state index is 12.1. The van der Waals surface area contributed by atoms with Crippen LogP contribution in [-0.4, -0.2) is 42.3 Å². The van der Waals surface area contributed by atoms with Crippen LogP contribution in [-0.2, 0) is 32.7 Å². The molecule has 0 amide bonds. The van der Waals surface area contributed by atoms with Crippen molar-refractivity contribution >= 4 is 19.8 Å². The molecule has 0 fully saturated rings. The van der Waals surface area contributed by atoms with Crippen molar-refractivity contribution in [2.24, 2.45) is 0 Å². The highest BCUT2D eigenvalue weighted by molar-refractivity contribution is 7.47. The molecular weight excluding hydrogens is 375 g/mol. The molecule has 9 heteroatoms. The Labute approximate surface area is 161 Å². The lowest BCUT2D eigenvalue weighted by atomic mass is 10.2. The highest BCUT2D eigenvalue weighted by Gasteiger charge is 2.27. The molecule has 0 aliphatic heterocycles. The number of hydrogen-bond acceptors (Lipinski definition) is 7. The second-order valence-electron chi connectivity index (χ2n) is 5.87. The predicted octanol–water partition coefficient (Wildman–Crippen LogP) is 3.70. The van der Waals surface area contributed by atoms with Gasteiger partial charge in [-0.15, -0.1) is 0 Å². The van der Waals surface area contributed by atoms with Crippen LogP contribution in [0.25, 0.3) is 0 Å². The highest BCUT2D eigenvalue weighted by Crippen LogP contribution is 2.43. The number of phosphoric ester groups is 1. The van der Waals surface area contributed by atoms with E-state index in [9.17, 15) is 19.0 Å². The third-order valence-corrected chi connectivity index (χ3v) is 4.46. The van der Waals surface area contributed by atoms with Gasteiger partial charge in [-0.2, -0.15) is 0 Å². The molecule has 0 aromatic rings. The summed E-state index contributed by atoms with van der Waals surface area (Å²) in [6.45, 7) is 9.98. The molecule has 2 unspecified atom stereocenters. The molecule has 0 saturated carbocycles. The Morgan fingerprint density at radius 3 is 1.59 bits per heavy atom. The van der Waals surface area contributed by atoms with Crippen LogP contribution in [0.1, 0.15) is 52.4 Å². The van der Waals surface area contributed by atoms with Gasteiger partial charge in [0.05, 0.1) is 13.2 Å². The van der Waals surface area contributed by atoms with E-state index in [0.717, 1.165) is 37.8 Å². The van der Waals surface area contributed by atoms with Crippen LogP contribution < -0.4 is 0 Å². The molecule has 0 spiro atoms. The molecular formula is C18H31O8P. The first-order valence-corrected chi connectivity index (χ1v) is 10.5. The van der Waals surface area contributed by atoms with Crippen molar-refractivity contribution in [1.29, 1.82) is 0 Å². The molecule has 0 aromatic carbocycles. The van der Waals surface area contributed by atoms with Crippen LogP contribution >= 0.6 is 7.82 Å². The molecule has 0 heterocycles. The summed E-state index contributed by atoms with van der Waals surface area (Å²) in [6, 6.07) is 0. The number of unbranched alkanes of at least 4 members (excludes halogenated alkanes) is 2. The normalized spacial score (nSPS) is 15.2. The van der Waals surface area contributed by atoms with Crippen LogP contribution in [0.4, 0.5) is 0 Å². The van der Waals surface area contributed by atoms with Gasteiger partial charge in [0.15, 0.2) is 0 Å². The van der Waals surface area contributed by atoms with E-state index in [-0.39, 0.29) is 13.2 Å². The molecule has 8 nitrogen and oxygen atoms in total. The molecule has 2 atom stereocenters. The van der Waals surface area contributed by atoms with Crippen LogP contribution in [0.3, 0.4) is 0 Å². The fraction of sp³-hybridized carbons (Fsp3) is 0.667. The van der Waals surface area contributed by atoms with Gasteiger partial charge in [0, 0.05) is 12.2 Å². The Bertz CT molecular complexity index is 477. The third-order valence-electron chi connectivity index (χ3n) is 3.51. The van der Waals surface area contributed by atoms with Crippen molar-refractivity contribution in [2.45, 2.75) is 64.6 Å². The predicted molar refractivity (Wildman–Crippen MR) is 101 cm³/mol. The maximum absolute atomic E-state index is 12.1. The Balaban J connectivity index is 4.63. The summed E-state index contributed by atoms with van der Waals surface area (Å²) in [5.41, 5.74) is 0. The van der Waals surface area contributed by atoms with Crippen molar-refractivity contribution in [3.8, 4) is 0 Å². The van der Waals surface area contributed by atoms with E-state index in [1.54, 1.807) is 0 Å². The van der Waals surface area contributed by atoms with Gasteiger partial charge < -0.3 is 14.4 Å². The molecule has 156 valence electrons. The lowest BCUT2D eigenvalue weighted by molar-refractivity contribution is -0.145. The Morgan fingerprint density at radius 2 is 1.30 bits per heavy atom. The van der Waals surface area contributed by atoms with Gasteiger partial charge in [0.1, 0.15) is 12.2 Å². The molecule has 0 rings (SSSR count). The molecule has 1 N–H and O–H groups in total. The fourth-order valence-electron chi connectivity index (χ4n) is 2.03. The van der Waals surface area contributed by atoms with E-state index in [1.807, 2.05) is 13.8 Å². The lowest BCUT2D eigenvalue weighted by Crippen LogP contribution is -2.24. The van der Waals surface area contributed by atoms with Gasteiger partial charge in [-0.1, -0.05) is 39.8 Å². The van der Waals surface area contributed by atoms with Crippen LogP contribution in [0.15, 0.2) is 25.3 Å². The minimum absolute atomic E-state index is 0.292. The zero-order valence-electron chi connectivity index (χ0n) is 16.1. The van der Waals surface area contributed by atoms with Gasteiger partial charge in [-0.25, -0.2) is 14.2 Å². The molecule has 0 aliphatic carbocycles. The first-order valence-electron chi connectivity index (χ1n) is 9.05. The van der Waals surface area contributed by atoms with E-state index >= 15 is 0 Å². The Morgan fingerprint density at radius 1 is 0.926 bits per heavy atom. The summed E-state index contributed by atoms with van der Waals surface area (Å²) < 4.78 is 32.1. The van der Waals surface area contributed by atoms with Crippen LogP contribution in [0.5, 0.6) is 0 Å². The standard InChI is InChI=1S/C18H31O8P/c1-5-9-11-15(25-17(19)7-3)13-23-27(21,22)24-14-16(12-10-6-2)26-18(20)8-4/h7-8,15-16H,3-6,9-14H2,1-2H3,(H,21,22). The average molecular weight is 406 g/mol. The summed E-state index contributed by atoms with van der Waals surface area (Å²) in [5.74, 6) is -1.27. The molecule has 0 bridgehead atoms. The summed E-state index contributed by atoms with van der Waals surface area (Å²) in [5, 5.41) is 0. The second-order valence-corrected chi connectivity index (χ2v) is 7.32. The van der Waals surface area contributed by atoms with Crippen LogP contribution in [0, 0.1) is 0 Å². The van der Waals surface area contributed by atoms with Crippen molar-refractivity contribution in [3.63, 3.8) is 0 Å². The van der Waals surface area contributed by atoms with Crippen molar-refractivity contribution in [2.75, 3.05) is 13.2 Å². The van der Waals surface area contributed by atoms with Crippen molar-refractivity contribution in [3.05, 3.63) is 25.3 Å². The van der Waals surface area contributed by atoms with Crippen molar-refractivity contribution < 1.29 is 37.6 Å². The number of hydrogen-bond donors (Lipinski definition) is 1.